The molecule has 0 aliphatic carbocycles. The highest BCUT2D eigenvalue weighted by Crippen LogP contribution is 2.25. The second-order valence-corrected chi connectivity index (χ2v) is 7.96. The molecule has 1 amide bonds. The Kier molecular flexibility index (Phi) is 8.19. The van der Waals surface area contributed by atoms with Gasteiger partial charge in [-0.05, 0) is 25.8 Å². The molecule has 0 saturated heterocycles. The Morgan fingerprint density at radius 3 is 2.35 bits per heavy atom. The van der Waals surface area contributed by atoms with Gasteiger partial charge >= 0.3 is 5.97 Å². The Morgan fingerprint density at radius 2 is 1.85 bits per heavy atom. The van der Waals surface area contributed by atoms with E-state index in [9.17, 15) is 23.1 Å². The molecule has 0 bridgehead atoms. The second kappa shape index (κ2) is 9.65. The van der Waals surface area contributed by atoms with Crippen molar-refractivity contribution < 1.29 is 27.9 Å². The lowest BCUT2D eigenvalue weighted by molar-refractivity contribution is -0.148. The standard InChI is InChI=1S/C17H26N2O6S/c1-4-17(16(21)22,14-8-6-5-7-9-14)19-15(20)12-18-26(23,24)11-10-25-13(2)3/h5-9,13,18H,4,10-12H2,1-3H3,(H,19,20)(H,21,22). The minimum Gasteiger partial charge on any atom is -0.479 e. The van der Waals surface area contributed by atoms with E-state index in [1.165, 1.54) is 0 Å². The van der Waals surface area contributed by atoms with Crippen LogP contribution in [-0.4, -0.2) is 50.4 Å². The Balaban J connectivity index is 2.75. The smallest absolute Gasteiger partial charge is 0.334 e. The zero-order valence-electron chi connectivity index (χ0n) is 15.2. The molecule has 0 spiro atoms. The number of sulfonamides is 1. The summed E-state index contributed by atoms with van der Waals surface area (Å²) in [5, 5.41) is 12.1. The van der Waals surface area contributed by atoms with Crippen molar-refractivity contribution in [2.75, 3.05) is 18.9 Å². The first-order valence-corrected chi connectivity index (χ1v) is 9.97. The average molecular weight is 386 g/mol. The number of carboxylic acid groups (broad SMARTS) is 1. The largest absolute Gasteiger partial charge is 0.479 e. The number of hydrogen-bond donors (Lipinski definition) is 3. The molecule has 1 aromatic carbocycles. The van der Waals surface area contributed by atoms with Crippen molar-refractivity contribution in [3.8, 4) is 0 Å². The summed E-state index contributed by atoms with van der Waals surface area (Å²) in [5.41, 5.74) is -1.21. The number of nitrogens with one attached hydrogen (secondary N) is 2. The minimum atomic E-state index is -3.70. The van der Waals surface area contributed by atoms with Gasteiger partial charge in [-0.1, -0.05) is 37.3 Å². The first-order chi connectivity index (χ1) is 12.1. The molecule has 1 aromatic rings. The predicted octanol–water partition coefficient (Wildman–Crippen LogP) is 0.837. The Hall–Kier alpha value is -1.97. The number of carboxylic acids is 1. The van der Waals surface area contributed by atoms with Crippen LogP contribution in [-0.2, 0) is 29.9 Å². The van der Waals surface area contributed by atoms with Gasteiger partial charge in [-0.3, -0.25) is 4.79 Å². The van der Waals surface area contributed by atoms with Gasteiger partial charge in [-0.25, -0.2) is 17.9 Å². The van der Waals surface area contributed by atoms with Crippen molar-refractivity contribution in [3.05, 3.63) is 35.9 Å². The molecule has 146 valence electrons. The SMILES string of the molecule is CCC(NC(=O)CNS(=O)(=O)CCOC(C)C)(C(=O)O)c1ccccc1. The number of hydrogen-bond acceptors (Lipinski definition) is 5. The van der Waals surface area contributed by atoms with Gasteiger partial charge in [-0.2, -0.15) is 0 Å². The van der Waals surface area contributed by atoms with Crippen molar-refractivity contribution in [1.29, 1.82) is 0 Å². The molecule has 0 radical (unpaired) electrons. The zero-order valence-corrected chi connectivity index (χ0v) is 16.0. The van der Waals surface area contributed by atoms with E-state index >= 15 is 0 Å². The third kappa shape index (κ3) is 6.40. The second-order valence-electron chi connectivity index (χ2n) is 6.04. The van der Waals surface area contributed by atoms with Crippen LogP contribution in [0, 0.1) is 0 Å². The van der Waals surface area contributed by atoms with Gasteiger partial charge in [0, 0.05) is 0 Å². The van der Waals surface area contributed by atoms with Gasteiger partial charge in [0.2, 0.25) is 15.9 Å². The first kappa shape index (κ1) is 22.1. The quantitative estimate of drug-likeness (QED) is 0.518. The van der Waals surface area contributed by atoms with E-state index in [2.05, 4.69) is 10.0 Å². The fourth-order valence-electron chi connectivity index (χ4n) is 2.34. The highest BCUT2D eigenvalue weighted by Gasteiger charge is 2.40. The molecular weight excluding hydrogens is 360 g/mol. The normalized spacial score (nSPS) is 14.0. The summed E-state index contributed by atoms with van der Waals surface area (Å²) >= 11 is 0. The number of ether oxygens (including phenoxy) is 1. The van der Waals surface area contributed by atoms with Crippen molar-refractivity contribution in [3.63, 3.8) is 0 Å². The lowest BCUT2D eigenvalue weighted by atomic mass is 9.87. The van der Waals surface area contributed by atoms with Crippen LogP contribution in [0.4, 0.5) is 0 Å². The molecule has 0 aromatic heterocycles. The summed E-state index contributed by atoms with van der Waals surface area (Å²) < 4.78 is 31.1. The summed E-state index contributed by atoms with van der Waals surface area (Å²) in [5.74, 6) is -2.23. The van der Waals surface area contributed by atoms with E-state index in [4.69, 9.17) is 4.74 Å². The van der Waals surface area contributed by atoms with Crippen LogP contribution in [0.5, 0.6) is 0 Å². The monoisotopic (exact) mass is 386 g/mol. The van der Waals surface area contributed by atoms with Crippen LogP contribution in [0.3, 0.4) is 0 Å². The van der Waals surface area contributed by atoms with Crippen LogP contribution in [0.1, 0.15) is 32.8 Å². The predicted molar refractivity (Wildman–Crippen MR) is 97.1 cm³/mol. The number of benzene rings is 1. The van der Waals surface area contributed by atoms with E-state index in [0.29, 0.717) is 5.56 Å². The molecule has 1 atom stereocenters. The van der Waals surface area contributed by atoms with Gasteiger partial charge in [0.1, 0.15) is 0 Å². The molecule has 0 saturated carbocycles. The highest BCUT2D eigenvalue weighted by molar-refractivity contribution is 7.89. The van der Waals surface area contributed by atoms with Crippen LogP contribution >= 0.6 is 0 Å². The molecular formula is C17H26N2O6S. The number of rotatable bonds is 11. The fraction of sp³-hybridized carbons (Fsp3) is 0.529. The molecule has 26 heavy (non-hydrogen) atoms. The summed E-state index contributed by atoms with van der Waals surface area (Å²) in [7, 11) is -3.70. The molecule has 3 N–H and O–H groups in total. The number of aliphatic carboxylic acids is 1. The maximum atomic E-state index is 12.2. The highest BCUT2D eigenvalue weighted by atomic mass is 32.2. The topological polar surface area (TPSA) is 122 Å². The number of amides is 1. The van der Waals surface area contributed by atoms with Crippen molar-refractivity contribution >= 4 is 21.9 Å². The summed E-state index contributed by atoms with van der Waals surface area (Å²) in [6.07, 6.45) is 0.00711. The molecule has 0 heterocycles. The van der Waals surface area contributed by atoms with Gasteiger partial charge in [0.25, 0.3) is 0 Å². The van der Waals surface area contributed by atoms with Crippen molar-refractivity contribution in [1.82, 2.24) is 10.0 Å². The molecule has 9 heteroatoms. The Morgan fingerprint density at radius 1 is 1.23 bits per heavy atom. The molecule has 8 nitrogen and oxygen atoms in total. The first-order valence-electron chi connectivity index (χ1n) is 8.32. The molecule has 0 aliphatic rings. The lowest BCUT2D eigenvalue weighted by Crippen LogP contribution is -2.54. The van der Waals surface area contributed by atoms with E-state index in [-0.39, 0.29) is 24.9 Å². The fourth-order valence-corrected chi connectivity index (χ4v) is 3.15. The van der Waals surface area contributed by atoms with E-state index in [1.54, 1.807) is 51.1 Å². The van der Waals surface area contributed by atoms with Crippen LogP contribution in [0.15, 0.2) is 30.3 Å². The maximum Gasteiger partial charge on any atom is 0.334 e. The Labute approximate surface area is 154 Å². The van der Waals surface area contributed by atoms with Crippen molar-refractivity contribution in [2.24, 2.45) is 0 Å². The van der Waals surface area contributed by atoms with E-state index in [0.717, 1.165) is 0 Å². The Bertz CT molecular complexity index is 705. The van der Waals surface area contributed by atoms with E-state index in [1.807, 2.05) is 0 Å². The summed E-state index contributed by atoms with van der Waals surface area (Å²) in [6, 6.07) is 8.29. The molecule has 0 fully saturated rings. The average Bonchev–Trinajstić information content (AvgIpc) is 2.58. The van der Waals surface area contributed by atoms with Crippen LogP contribution in [0.2, 0.25) is 0 Å². The number of carbonyl (C=O) groups is 2. The molecule has 1 unspecified atom stereocenters. The minimum absolute atomic E-state index is 0.00660. The summed E-state index contributed by atoms with van der Waals surface area (Å²) in [6.45, 7) is 4.66. The third-order valence-electron chi connectivity index (χ3n) is 3.77. The lowest BCUT2D eigenvalue weighted by Gasteiger charge is -2.30. The summed E-state index contributed by atoms with van der Waals surface area (Å²) in [4.78, 5) is 24.0. The molecule has 0 aliphatic heterocycles. The van der Waals surface area contributed by atoms with Crippen molar-refractivity contribution in [2.45, 2.75) is 38.8 Å². The molecule has 1 rings (SSSR count). The van der Waals surface area contributed by atoms with Crippen LogP contribution in [0.25, 0.3) is 0 Å². The van der Waals surface area contributed by atoms with Gasteiger partial charge in [0.05, 0.1) is 25.0 Å². The van der Waals surface area contributed by atoms with E-state index < -0.39 is 34.0 Å². The van der Waals surface area contributed by atoms with Gasteiger partial charge in [-0.15, -0.1) is 0 Å². The maximum absolute atomic E-state index is 12.2. The van der Waals surface area contributed by atoms with Crippen LogP contribution < -0.4 is 10.0 Å². The number of carbonyl (C=O) groups excluding carboxylic acids is 1. The zero-order chi connectivity index (χ0) is 19.8. The van der Waals surface area contributed by atoms with Gasteiger partial charge < -0.3 is 15.2 Å². The van der Waals surface area contributed by atoms with Gasteiger partial charge in [0.15, 0.2) is 5.54 Å². The third-order valence-corrected chi connectivity index (χ3v) is 5.06.